The first-order valence-corrected chi connectivity index (χ1v) is 6.55. The zero-order valence-electron chi connectivity index (χ0n) is 11.3. The van der Waals surface area contributed by atoms with Gasteiger partial charge in [-0.05, 0) is 32.3 Å². The van der Waals surface area contributed by atoms with Crippen LogP contribution in [0.25, 0.3) is 0 Å². The number of carbonyl (C=O) groups is 1. The van der Waals surface area contributed by atoms with Gasteiger partial charge in [0, 0.05) is 6.42 Å². The van der Waals surface area contributed by atoms with E-state index in [-0.39, 0.29) is 5.78 Å². The Morgan fingerprint density at radius 1 is 1.29 bits per heavy atom. The van der Waals surface area contributed by atoms with E-state index in [4.69, 9.17) is 9.47 Å². The molecule has 0 spiro atoms. The van der Waals surface area contributed by atoms with E-state index in [2.05, 4.69) is 6.92 Å². The molecule has 0 unspecified atom stereocenters. The first kappa shape index (κ1) is 14.4. The van der Waals surface area contributed by atoms with E-state index in [1.165, 1.54) is 12.8 Å². The van der Waals surface area contributed by atoms with E-state index in [9.17, 15) is 4.79 Å². The van der Waals surface area contributed by atoms with Crippen LogP contribution in [0.2, 0.25) is 0 Å². The highest BCUT2D eigenvalue weighted by atomic mass is 16.7. The van der Waals surface area contributed by atoms with Gasteiger partial charge in [0.2, 0.25) is 0 Å². The summed E-state index contributed by atoms with van der Waals surface area (Å²) in [4.78, 5) is 11.5. The van der Waals surface area contributed by atoms with Crippen LogP contribution in [-0.4, -0.2) is 24.8 Å². The van der Waals surface area contributed by atoms with Crippen LogP contribution in [0.3, 0.4) is 0 Å². The van der Waals surface area contributed by atoms with Crippen LogP contribution in [0, 0.1) is 0 Å². The van der Waals surface area contributed by atoms with E-state index in [0.29, 0.717) is 19.6 Å². The van der Waals surface area contributed by atoms with Crippen LogP contribution in [0.15, 0.2) is 11.6 Å². The molecular weight excluding hydrogens is 216 g/mol. The third-order valence-corrected chi connectivity index (χ3v) is 3.12. The summed E-state index contributed by atoms with van der Waals surface area (Å²) >= 11 is 0. The number of unbranched alkanes of at least 4 members (excludes halogenated alkanes) is 2. The number of ketones is 1. The molecule has 0 aromatic carbocycles. The van der Waals surface area contributed by atoms with Gasteiger partial charge in [0.25, 0.3) is 0 Å². The van der Waals surface area contributed by atoms with Crippen molar-refractivity contribution >= 4 is 5.78 Å². The molecule has 0 atom stereocenters. The molecule has 0 saturated carbocycles. The summed E-state index contributed by atoms with van der Waals surface area (Å²) in [6.07, 6.45) is 6.96. The van der Waals surface area contributed by atoms with Gasteiger partial charge >= 0.3 is 0 Å². The fourth-order valence-corrected chi connectivity index (χ4v) is 1.97. The molecule has 0 amide bonds. The topological polar surface area (TPSA) is 35.5 Å². The SMILES string of the molecule is CCCCCC(=CCC1(C)OCCO1)C(C)=O. The van der Waals surface area contributed by atoms with E-state index >= 15 is 0 Å². The lowest BCUT2D eigenvalue weighted by atomic mass is 10.0. The van der Waals surface area contributed by atoms with Crippen molar-refractivity contribution in [1.82, 2.24) is 0 Å². The highest BCUT2D eigenvalue weighted by Gasteiger charge is 2.29. The molecule has 0 N–H and O–H groups in total. The molecule has 17 heavy (non-hydrogen) atoms. The Bertz CT molecular complexity index is 275. The van der Waals surface area contributed by atoms with Crippen molar-refractivity contribution in [1.29, 1.82) is 0 Å². The van der Waals surface area contributed by atoms with Gasteiger partial charge in [-0.3, -0.25) is 4.79 Å². The molecule has 1 rings (SSSR count). The van der Waals surface area contributed by atoms with Gasteiger partial charge in [-0.1, -0.05) is 25.8 Å². The van der Waals surface area contributed by atoms with E-state index < -0.39 is 5.79 Å². The Labute approximate surface area is 104 Å². The van der Waals surface area contributed by atoms with Crippen molar-refractivity contribution in [3.63, 3.8) is 0 Å². The second kappa shape index (κ2) is 6.92. The summed E-state index contributed by atoms with van der Waals surface area (Å²) in [6.45, 7) is 7.03. The maximum Gasteiger partial charge on any atom is 0.169 e. The summed E-state index contributed by atoms with van der Waals surface area (Å²) in [5.74, 6) is -0.353. The van der Waals surface area contributed by atoms with E-state index in [1.54, 1.807) is 6.92 Å². The van der Waals surface area contributed by atoms with Crippen molar-refractivity contribution < 1.29 is 14.3 Å². The van der Waals surface area contributed by atoms with Crippen LogP contribution in [0.4, 0.5) is 0 Å². The molecule has 0 aromatic rings. The average molecular weight is 240 g/mol. The Kier molecular flexibility index (Phi) is 5.86. The zero-order valence-corrected chi connectivity index (χ0v) is 11.3. The Morgan fingerprint density at radius 2 is 1.94 bits per heavy atom. The fourth-order valence-electron chi connectivity index (χ4n) is 1.97. The Balaban J connectivity index is 2.48. The van der Waals surface area contributed by atoms with Crippen molar-refractivity contribution in [2.75, 3.05) is 13.2 Å². The van der Waals surface area contributed by atoms with Crippen molar-refractivity contribution in [3.8, 4) is 0 Å². The van der Waals surface area contributed by atoms with Gasteiger partial charge in [0.15, 0.2) is 11.6 Å². The zero-order chi connectivity index (χ0) is 12.7. The van der Waals surface area contributed by atoms with Crippen molar-refractivity contribution in [2.24, 2.45) is 0 Å². The summed E-state index contributed by atoms with van der Waals surface area (Å²) in [6, 6.07) is 0. The summed E-state index contributed by atoms with van der Waals surface area (Å²) < 4.78 is 11.0. The molecule has 0 aliphatic carbocycles. The smallest absolute Gasteiger partial charge is 0.169 e. The highest BCUT2D eigenvalue weighted by Crippen LogP contribution is 2.24. The number of rotatable bonds is 7. The van der Waals surface area contributed by atoms with E-state index in [1.807, 2.05) is 13.0 Å². The average Bonchev–Trinajstić information content (AvgIpc) is 2.70. The second-order valence-electron chi connectivity index (χ2n) is 4.78. The minimum absolute atomic E-state index is 0.169. The van der Waals surface area contributed by atoms with E-state index in [0.717, 1.165) is 18.4 Å². The number of ether oxygens (including phenoxy) is 2. The molecule has 0 aromatic heterocycles. The molecule has 1 aliphatic rings. The third-order valence-electron chi connectivity index (χ3n) is 3.12. The molecule has 0 bridgehead atoms. The number of allylic oxidation sites excluding steroid dienone is 1. The normalized spacial score (nSPS) is 19.6. The van der Waals surface area contributed by atoms with Gasteiger partial charge < -0.3 is 9.47 Å². The number of carbonyl (C=O) groups excluding carboxylic acids is 1. The molecule has 1 fully saturated rings. The molecule has 1 aliphatic heterocycles. The van der Waals surface area contributed by atoms with Gasteiger partial charge in [-0.15, -0.1) is 0 Å². The number of Topliss-reactive ketones (excluding diaryl/α,β-unsaturated/α-hetero) is 1. The quantitative estimate of drug-likeness (QED) is 0.506. The number of hydrogen-bond acceptors (Lipinski definition) is 3. The first-order valence-electron chi connectivity index (χ1n) is 6.55. The highest BCUT2D eigenvalue weighted by molar-refractivity contribution is 5.93. The predicted octanol–water partition coefficient (Wildman–Crippen LogP) is 3.24. The predicted molar refractivity (Wildman–Crippen MR) is 67.8 cm³/mol. The lowest BCUT2D eigenvalue weighted by molar-refractivity contribution is -0.138. The monoisotopic (exact) mass is 240 g/mol. The summed E-state index contributed by atoms with van der Waals surface area (Å²) in [7, 11) is 0. The lowest BCUT2D eigenvalue weighted by Gasteiger charge is -2.20. The molecule has 1 saturated heterocycles. The molecule has 3 heteroatoms. The van der Waals surface area contributed by atoms with Gasteiger partial charge in [0.1, 0.15) is 0 Å². The minimum Gasteiger partial charge on any atom is -0.348 e. The van der Waals surface area contributed by atoms with Gasteiger partial charge in [-0.2, -0.15) is 0 Å². The standard InChI is InChI=1S/C14H24O3/c1-4-5-6-7-13(12(2)15)8-9-14(3)16-10-11-17-14/h8H,4-7,9-11H2,1-3H3. The van der Waals surface area contributed by atoms with Crippen LogP contribution in [0.5, 0.6) is 0 Å². The molecule has 3 nitrogen and oxygen atoms in total. The largest absolute Gasteiger partial charge is 0.348 e. The van der Waals surface area contributed by atoms with Crippen LogP contribution >= 0.6 is 0 Å². The second-order valence-corrected chi connectivity index (χ2v) is 4.78. The molecular formula is C14H24O3. The maximum absolute atomic E-state index is 11.5. The van der Waals surface area contributed by atoms with Crippen LogP contribution < -0.4 is 0 Å². The Hall–Kier alpha value is -0.670. The molecule has 1 heterocycles. The van der Waals surface area contributed by atoms with Crippen molar-refractivity contribution in [3.05, 3.63) is 11.6 Å². The number of hydrogen-bond donors (Lipinski definition) is 0. The van der Waals surface area contributed by atoms with Gasteiger partial charge in [-0.25, -0.2) is 0 Å². The third kappa shape index (κ3) is 5.00. The van der Waals surface area contributed by atoms with Gasteiger partial charge in [0.05, 0.1) is 13.2 Å². The Morgan fingerprint density at radius 3 is 2.47 bits per heavy atom. The maximum atomic E-state index is 11.5. The molecule has 0 radical (unpaired) electrons. The summed E-state index contributed by atoms with van der Waals surface area (Å²) in [5.41, 5.74) is 0.916. The fraction of sp³-hybridized carbons (Fsp3) is 0.786. The summed E-state index contributed by atoms with van der Waals surface area (Å²) in [5, 5.41) is 0. The first-order chi connectivity index (χ1) is 8.07. The van der Waals surface area contributed by atoms with Crippen molar-refractivity contribution in [2.45, 2.75) is 58.7 Å². The van der Waals surface area contributed by atoms with Crippen LogP contribution in [-0.2, 0) is 14.3 Å². The van der Waals surface area contributed by atoms with Crippen LogP contribution in [0.1, 0.15) is 52.9 Å². The lowest BCUT2D eigenvalue weighted by Crippen LogP contribution is -2.24. The minimum atomic E-state index is -0.522. The molecule has 98 valence electrons.